The second-order valence-corrected chi connectivity index (χ2v) is 4.76. The number of ether oxygens (including phenoxy) is 1. The molecule has 0 unspecified atom stereocenters. The number of nitro benzene ring substituents is 1. The summed E-state index contributed by atoms with van der Waals surface area (Å²) < 4.78 is 5.12. The van der Waals surface area contributed by atoms with Crippen LogP contribution >= 0.6 is 0 Å². The lowest BCUT2D eigenvalue weighted by molar-refractivity contribution is -0.385. The summed E-state index contributed by atoms with van der Waals surface area (Å²) in [5.74, 6) is 0.810. The predicted octanol–water partition coefficient (Wildman–Crippen LogP) is 3.45. The third kappa shape index (κ3) is 3.79. The molecule has 0 radical (unpaired) electrons. The van der Waals surface area contributed by atoms with E-state index < -0.39 is 0 Å². The van der Waals surface area contributed by atoms with Crippen molar-refractivity contribution in [1.82, 2.24) is 5.32 Å². The summed E-state index contributed by atoms with van der Waals surface area (Å²) in [4.78, 5) is 10.6. The second-order valence-electron chi connectivity index (χ2n) is 4.76. The summed E-state index contributed by atoms with van der Waals surface area (Å²) in [6.45, 7) is 2.47. The van der Waals surface area contributed by atoms with Crippen LogP contribution in [0.1, 0.15) is 24.1 Å². The van der Waals surface area contributed by atoms with Crippen molar-refractivity contribution < 1.29 is 9.66 Å². The van der Waals surface area contributed by atoms with E-state index in [1.165, 1.54) is 6.07 Å². The highest BCUT2D eigenvalue weighted by molar-refractivity contribution is 5.39. The van der Waals surface area contributed by atoms with Crippen molar-refractivity contribution in [3.8, 4) is 5.75 Å². The van der Waals surface area contributed by atoms with Crippen LogP contribution in [0.15, 0.2) is 48.5 Å². The van der Waals surface area contributed by atoms with Crippen molar-refractivity contribution in [2.45, 2.75) is 19.5 Å². The first-order valence-corrected chi connectivity index (χ1v) is 6.71. The van der Waals surface area contributed by atoms with Gasteiger partial charge in [0.15, 0.2) is 0 Å². The molecule has 0 fully saturated rings. The van der Waals surface area contributed by atoms with E-state index in [1.807, 2.05) is 37.3 Å². The van der Waals surface area contributed by atoms with E-state index in [0.717, 1.165) is 11.3 Å². The molecule has 0 saturated heterocycles. The smallest absolute Gasteiger partial charge is 0.273 e. The summed E-state index contributed by atoms with van der Waals surface area (Å²) in [5.41, 5.74) is 1.93. The van der Waals surface area contributed by atoms with E-state index in [1.54, 1.807) is 19.2 Å². The molecule has 0 aliphatic carbocycles. The number of methoxy groups -OCH3 is 1. The zero-order valence-corrected chi connectivity index (χ0v) is 12.1. The molecule has 0 aliphatic heterocycles. The maximum atomic E-state index is 11.0. The Bertz CT molecular complexity index is 611. The Morgan fingerprint density at radius 1 is 1.19 bits per heavy atom. The molecule has 0 saturated carbocycles. The monoisotopic (exact) mass is 286 g/mol. The third-order valence-corrected chi connectivity index (χ3v) is 3.40. The number of hydrogen-bond donors (Lipinski definition) is 1. The minimum atomic E-state index is -0.352. The van der Waals surface area contributed by atoms with Crippen LogP contribution in [0.3, 0.4) is 0 Å². The lowest BCUT2D eigenvalue weighted by Gasteiger charge is -2.14. The highest BCUT2D eigenvalue weighted by atomic mass is 16.6. The number of nitrogens with zero attached hydrogens (tertiary/aromatic N) is 1. The maximum absolute atomic E-state index is 11.0. The van der Waals surface area contributed by atoms with Crippen LogP contribution in [-0.2, 0) is 6.54 Å². The van der Waals surface area contributed by atoms with Crippen LogP contribution < -0.4 is 10.1 Å². The molecule has 2 rings (SSSR count). The quantitative estimate of drug-likeness (QED) is 0.652. The number of rotatable bonds is 6. The molecule has 5 nitrogen and oxygen atoms in total. The van der Waals surface area contributed by atoms with Gasteiger partial charge in [0.1, 0.15) is 5.75 Å². The van der Waals surface area contributed by atoms with Gasteiger partial charge in [-0.25, -0.2) is 0 Å². The molecule has 1 N–H and O–H groups in total. The lowest BCUT2D eigenvalue weighted by Crippen LogP contribution is -2.18. The Morgan fingerprint density at radius 2 is 1.86 bits per heavy atom. The van der Waals surface area contributed by atoms with E-state index in [4.69, 9.17) is 4.74 Å². The van der Waals surface area contributed by atoms with Gasteiger partial charge in [-0.05, 0) is 24.6 Å². The van der Waals surface area contributed by atoms with E-state index in [2.05, 4.69) is 5.32 Å². The Hall–Kier alpha value is -2.40. The van der Waals surface area contributed by atoms with E-state index >= 15 is 0 Å². The molecule has 21 heavy (non-hydrogen) atoms. The van der Waals surface area contributed by atoms with Gasteiger partial charge in [0, 0.05) is 24.2 Å². The highest BCUT2D eigenvalue weighted by Gasteiger charge is 2.13. The van der Waals surface area contributed by atoms with Crippen LogP contribution in [0.4, 0.5) is 5.69 Å². The molecule has 0 aromatic heterocycles. The van der Waals surface area contributed by atoms with Crippen LogP contribution in [0.5, 0.6) is 5.75 Å². The predicted molar refractivity (Wildman–Crippen MR) is 81.3 cm³/mol. The van der Waals surface area contributed by atoms with Gasteiger partial charge in [0.25, 0.3) is 5.69 Å². The molecule has 1 atom stereocenters. The second kappa shape index (κ2) is 6.85. The topological polar surface area (TPSA) is 64.4 Å². The lowest BCUT2D eigenvalue weighted by atomic mass is 10.1. The molecule has 110 valence electrons. The zero-order valence-electron chi connectivity index (χ0n) is 12.1. The molecule has 0 aliphatic rings. The molecular weight excluding hydrogens is 268 g/mol. The van der Waals surface area contributed by atoms with Crippen molar-refractivity contribution in [3.63, 3.8) is 0 Å². The molecule has 2 aromatic rings. The molecule has 0 amide bonds. The van der Waals surface area contributed by atoms with Crippen LogP contribution in [0, 0.1) is 10.1 Å². The van der Waals surface area contributed by atoms with E-state index in [9.17, 15) is 10.1 Å². The van der Waals surface area contributed by atoms with Crippen molar-refractivity contribution >= 4 is 5.69 Å². The molecule has 2 aromatic carbocycles. The van der Waals surface area contributed by atoms with Gasteiger partial charge < -0.3 is 10.1 Å². The number of hydrogen-bond acceptors (Lipinski definition) is 4. The number of para-hydroxylation sites is 1. The molecule has 0 heterocycles. The average molecular weight is 286 g/mol. The Morgan fingerprint density at radius 3 is 2.48 bits per heavy atom. The minimum Gasteiger partial charge on any atom is -0.497 e. The first kappa shape index (κ1) is 15.0. The van der Waals surface area contributed by atoms with Crippen molar-refractivity contribution in [3.05, 3.63) is 69.8 Å². The largest absolute Gasteiger partial charge is 0.497 e. The fraction of sp³-hybridized carbons (Fsp3) is 0.250. The number of nitro groups is 1. The molecule has 5 heteroatoms. The summed E-state index contributed by atoms with van der Waals surface area (Å²) in [5, 5.41) is 14.3. The van der Waals surface area contributed by atoms with Crippen LogP contribution in [-0.4, -0.2) is 12.0 Å². The SMILES string of the molecule is COc1ccc([C@@H](C)NCc2ccccc2[N+](=O)[O-])cc1. The molecular formula is C16H18N2O3. The highest BCUT2D eigenvalue weighted by Crippen LogP contribution is 2.20. The van der Waals surface area contributed by atoms with Gasteiger partial charge in [-0.15, -0.1) is 0 Å². The number of benzene rings is 2. The van der Waals surface area contributed by atoms with Gasteiger partial charge in [-0.3, -0.25) is 10.1 Å². The maximum Gasteiger partial charge on any atom is 0.273 e. The first-order valence-electron chi connectivity index (χ1n) is 6.71. The number of nitrogens with one attached hydrogen (secondary N) is 1. The van der Waals surface area contributed by atoms with Crippen molar-refractivity contribution in [2.24, 2.45) is 0 Å². The van der Waals surface area contributed by atoms with Gasteiger partial charge in [0.05, 0.1) is 12.0 Å². The fourth-order valence-corrected chi connectivity index (χ4v) is 2.11. The third-order valence-electron chi connectivity index (χ3n) is 3.40. The van der Waals surface area contributed by atoms with Crippen LogP contribution in [0.25, 0.3) is 0 Å². The normalized spacial score (nSPS) is 11.9. The Kier molecular flexibility index (Phi) is 4.90. The zero-order chi connectivity index (χ0) is 15.2. The van der Waals surface area contributed by atoms with Crippen molar-refractivity contribution in [1.29, 1.82) is 0 Å². The summed E-state index contributed by atoms with van der Waals surface area (Å²) >= 11 is 0. The average Bonchev–Trinajstić information content (AvgIpc) is 2.52. The van der Waals surface area contributed by atoms with Gasteiger partial charge >= 0.3 is 0 Å². The van der Waals surface area contributed by atoms with Crippen LogP contribution in [0.2, 0.25) is 0 Å². The summed E-state index contributed by atoms with van der Waals surface area (Å²) in [7, 11) is 1.63. The Labute approximate surface area is 123 Å². The minimum absolute atomic E-state index is 0.0933. The van der Waals surface area contributed by atoms with E-state index in [0.29, 0.717) is 12.1 Å². The molecule has 0 bridgehead atoms. The summed E-state index contributed by atoms with van der Waals surface area (Å²) in [6.07, 6.45) is 0. The summed E-state index contributed by atoms with van der Waals surface area (Å²) in [6, 6.07) is 14.6. The van der Waals surface area contributed by atoms with Gasteiger partial charge in [0.2, 0.25) is 0 Å². The van der Waals surface area contributed by atoms with Crippen molar-refractivity contribution in [2.75, 3.05) is 7.11 Å². The fourth-order valence-electron chi connectivity index (χ4n) is 2.11. The standard InChI is InChI=1S/C16H18N2O3/c1-12(13-7-9-15(21-2)10-8-13)17-11-14-5-3-4-6-16(14)18(19)20/h3-10,12,17H,11H2,1-2H3/t12-/m1/s1. The Balaban J connectivity index is 2.03. The van der Waals surface area contributed by atoms with Gasteiger partial charge in [-0.1, -0.05) is 30.3 Å². The van der Waals surface area contributed by atoms with E-state index in [-0.39, 0.29) is 16.7 Å². The first-order chi connectivity index (χ1) is 10.1. The van der Waals surface area contributed by atoms with Gasteiger partial charge in [-0.2, -0.15) is 0 Å². The molecule has 0 spiro atoms.